The van der Waals surface area contributed by atoms with Crippen molar-refractivity contribution >= 4 is 25.3 Å². The van der Waals surface area contributed by atoms with Gasteiger partial charge in [-0.3, -0.25) is 23.7 Å². The minimum Gasteiger partial charge on any atom is -0.462 e. The molecule has 1 aliphatic heterocycles. The van der Waals surface area contributed by atoms with Gasteiger partial charge in [0.1, 0.15) is 29.6 Å². The number of H-pyrrole nitrogens is 1. The Labute approximate surface area is 216 Å². The van der Waals surface area contributed by atoms with Crippen molar-refractivity contribution in [1.29, 1.82) is 0 Å². The number of benzene rings is 1. The maximum Gasteiger partial charge on any atom is 0.459 e. The van der Waals surface area contributed by atoms with Gasteiger partial charge in [0.2, 0.25) is 0 Å². The third-order valence-corrected chi connectivity index (χ3v) is 7.44. The van der Waals surface area contributed by atoms with Crippen LogP contribution in [-0.2, 0) is 23.4 Å². The average molecular weight is 562 g/mol. The standard InChI is InChI=1S/C22H29ClN3O10P/c1-13(2)34-20(30)14(3)25-37(32,36-15-7-5-4-6-8-15)33-12-22(11-23)18(29)17(28)19(35-22)26-10-9-16(27)24-21(26)31/h4-10,13-14,17-19,28-29H,11-12H2,1-3H3,(H,25,32)(H,24,27,31)/t14-,17-,18-,19+,22+,37?/m0/s1. The number of aromatic nitrogens is 2. The summed E-state index contributed by atoms with van der Waals surface area (Å²) in [4.78, 5) is 38.0. The van der Waals surface area contributed by atoms with Gasteiger partial charge in [-0.25, -0.2) is 9.36 Å². The minimum absolute atomic E-state index is 0.147. The van der Waals surface area contributed by atoms with Crippen molar-refractivity contribution in [3.05, 3.63) is 63.4 Å². The largest absolute Gasteiger partial charge is 0.462 e. The van der Waals surface area contributed by atoms with Crippen LogP contribution in [0.25, 0.3) is 0 Å². The van der Waals surface area contributed by atoms with Crippen LogP contribution < -0.4 is 20.9 Å². The number of para-hydroxylation sites is 1. The van der Waals surface area contributed by atoms with Gasteiger partial charge in [0.05, 0.1) is 18.6 Å². The summed E-state index contributed by atoms with van der Waals surface area (Å²) in [5, 5.41) is 23.9. The fourth-order valence-corrected chi connectivity index (χ4v) is 5.34. The molecule has 1 unspecified atom stereocenters. The Kier molecular flexibility index (Phi) is 9.35. The highest BCUT2D eigenvalue weighted by atomic mass is 35.5. The molecule has 1 aromatic heterocycles. The number of aliphatic hydroxyl groups is 2. The van der Waals surface area contributed by atoms with E-state index in [9.17, 15) is 29.2 Å². The number of carbonyl (C=O) groups excluding carboxylic acids is 1. The average Bonchev–Trinajstić information content (AvgIpc) is 3.08. The van der Waals surface area contributed by atoms with Crippen LogP contribution in [0.3, 0.4) is 0 Å². The lowest BCUT2D eigenvalue weighted by atomic mass is 9.98. The van der Waals surface area contributed by atoms with Crippen molar-refractivity contribution in [3.63, 3.8) is 0 Å². The molecule has 37 heavy (non-hydrogen) atoms. The van der Waals surface area contributed by atoms with Gasteiger partial charge in [0.25, 0.3) is 5.56 Å². The van der Waals surface area contributed by atoms with E-state index in [4.69, 9.17) is 30.1 Å². The van der Waals surface area contributed by atoms with Gasteiger partial charge in [-0.15, -0.1) is 11.6 Å². The molecule has 0 bridgehead atoms. The van der Waals surface area contributed by atoms with Gasteiger partial charge < -0.3 is 24.2 Å². The van der Waals surface area contributed by atoms with E-state index in [0.717, 1.165) is 16.8 Å². The van der Waals surface area contributed by atoms with Crippen LogP contribution in [0.1, 0.15) is 27.0 Å². The second-order valence-corrected chi connectivity index (χ2v) is 10.6. The zero-order valence-corrected chi connectivity index (χ0v) is 21.9. The van der Waals surface area contributed by atoms with E-state index in [1.807, 2.05) is 4.98 Å². The van der Waals surface area contributed by atoms with Crippen LogP contribution in [0.15, 0.2) is 52.2 Å². The third kappa shape index (κ3) is 6.88. The smallest absolute Gasteiger partial charge is 0.459 e. The molecule has 1 aliphatic rings. The second kappa shape index (κ2) is 11.9. The lowest BCUT2D eigenvalue weighted by Gasteiger charge is -2.31. The van der Waals surface area contributed by atoms with E-state index in [-0.39, 0.29) is 5.75 Å². The van der Waals surface area contributed by atoms with Gasteiger partial charge in [0.15, 0.2) is 6.23 Å². The number of aromatic amines is 1. The van der Waals surface area contributed by atoms with Crippen LogP contribution in [-0.4, -0.2) is 68.2 Å². The fraction of sp³-hybridized carbons (Fsp3) is 0.500. The minimum atomic E-state index is -4.36. The predicted octanol–water partition coefficient (Wildman–Crippen LogP) is 0.898. The number of esters is 1. The summed E-state index contributed by atoms with van der Waals surface area (Å²) in [7, 11) is -4.36. The Morgan fingerprint density at radius 2 is 1.92 bits per heavy atom. The summed E-state index contributed by atoms with van der Waals surface area (Å²) in [6.07, 6.45) is -4.18. The maximum absolute atomic E-state index is 13.7. The van der Waals surface area contributed by atoms with Crippen LogP contribution in [0.5, 0.6) is 5.75 Å². The number of aliphatic hydroxyl groups excluding tert-OH is 2. The first-order valence-corrected chi connectivity index (χ1v) is 13.4. The van der Waals surface area contributed by atoms with E-state index in [2.05, 4.69) is 5.09 Å². The van der Waals surface area contributed by atoms with Crippen molar-refractivity contribution in [2.45, 2.75) is 57.0 Å². The van der Waals surface area contributed by atoms with Crippen LogP contribution in [0, 0.1) is 0 Å². The van der Waals surface area contributed by atoms with Crippen LogP contribution >= 0.6 is 19.3 Å². The first-order chi connectivity index (χ1) is 17.4. The molecule has 2 heterocycles. The molecule has 6 atom stereocenters. The molecule has 0 amide bonds. The molecule has 0 aliphatic carbocycles. The highest BCUT2D eigenvalue weighted by Crippen LogP contribution is 2.48. The maximum atomic E-state index is 13.7. The van der Waals surface area contributed by atoms with Crippen molar-refractivity contribution < 1.29 is 38.1 Å². The van der Waals surface area contributed by atoms with Gasteiger partial charge >= 0.3 is 19.4 Å². The van der Waals surface area contributed by atoms with E-state index < -0.39 is 73.6 Å². The van der Waals surface area contributed by atoms with Gasteiger partial charge in [-0.05, 0) is 32.9 Å². The Hall–Kier alpha value is -2.51. The summed E-state index contributed by atoms with van der Waals surface area (Å²) in [6.45, 7) is 4.02. The summed E-state index contributed by atoms with van der Waals surface area (Å²) in [5.41, 5.74) is -3.43. The quantitative estimate of drug-likeness (QED) is 0.174. The Bertz CT molecular complexity index is 1240. The summed E-state index contributed by atoms with van der Waals surface area (Å²) >= 11 is 6.10. The van der Waals surface area contributed by atoms with Crippen molar-refractivity contribution in [2.75, 3.05) is 12.5 Å². The van der Waals surface area contributed by atoms with Gasteiger partial charge in [-0.1, -0.05) is 18.2 Å². The first kappa shape index (κ1) is 29.1. The van der Waals surface area contributed by atoms with E-state index in [1.54, 1.807) is 32.0 Å². The Morgan fingerprint density at radius 3 is 2.51 bits per heavy atom. The zero-order valence-electron chi connectivity index (χ0n) is 20.3. The van der Waals surface area contributed by atoms with Gasteiger partial charge in [-0.2, -0.15) is 5.09 Å². The molecule has 0 radical (unpaired) electrons. The number of rotatable bonds is 11. The number of alkyl halides is 1. The molecule has 1 fully saturated rings. The highest BCUT2D eigenvalue weighted by Gasteiger charge is 2.56. The molecule has 4 N–H and O–H groups in total. The molecule has 1 saturated heterocycles. The zero-order chi connectivity index (χ0) is 27.4. The molecule has 13 nitrogen and oxygen atoms in total. The number of carbonyl (C=O) groups is 1. The molecule has 0 saturated carbocycles. The predicted molar refractivity (Wildman–Crippen MR) is 131 cm³/mol. The SMILES string of the molecule is CC(C)OC(=O)[C@H](C)NP(=O)(OC[C@@]1(CCl)O[C@@H](n2ccc(=O)[nH]c2=O)[C@@H](O)[C@@H]1O)Oc1ccccc1. The molecule has 2 aromatic rings. The Balaban J connectivity index is 1.86. The number of hydrogen-bond acceptors (Lipinski definition) is 10. The van der Waals surface area contributed by atoms with Crippen molar-refractivity contribution in [1.82, 2.24) is 14.6 Å². The van der Waals surface area contributed by atoms with Crippen LogP contribution in [0.2, 0.25) is 0 Å². The molecular weight excluding hydrogens is 533 g/mol. The van der Waals surface area contributed by atoms with E-state index >= 15 is 0 Å². The molecular formula is C22H29ClN3O10P. The van der Waals surface area contributed by atoms with Crippen molar-refractivity contribution in [3.8, 4) is 5.75 Å². The number of nitrogens with one attached hydrogen (secondary N) is 2. The summed E-state index contributed by atoms with van der Waals surface area (Å²) in [6, 6.07) is 7.89. The second-order valence-electron chi connectivity index (χ2n) is 8.67. The number of halogens is 1. The molecule has 3 rings (SSSR count). The molecule has 1 aromatic carbocycles. The van der Waals surface area contributed by atoms with E-state index in [0.29, 0.717) is 0 Å². The topological polar surface area (TPSA) is 178 Å². The number of ether oxygens (including phenoxy) is 2. The molecule has 204 valence electrons. The third-order valence-electron chi connectivity index (χ3n) is 5.37. The molecule has 15 heteroatoms. The Morgan fingerprint density at radius 1 is 1.24 bits per heavy atom. The number of nitrogens with zero attached hydrogens (tertiary/aromatic N) is 1. The fourth-order valence-electron chi connectivity index (χ4n) is 3.49. The van der Waals surface area contributed by atoms with Crippen LogP contribution in [0.4, 0.5) is 0 Å². The van der Waals surface area contributed by atoms with Crippen molar-refractivity contribution in [2.24, 2.45) is 0 Å². The first-order valence-electron chi connectivity index (χ1n) is 11.3. The lowest BCUT2D eigenvalue weighted by molar-refractivity contribution is -0.149. The van der Waals surface area contributed by atoms with E-state index in [1.165, 1.54) is 19.1 Å². The highest BCUT2D eigenvalue weighted by molar-refractivity contribution is 7.52. The normalized spacial score (nSPS) is 26.0. The monoisotopic (exact) mass is 561 g/mol. The lowest BCUT2D eigenvalue weighted by Crippen LogP contribution is -2.49. The summed E-state index contributed by atoms with van der Waals surface area (Å²) in [5.74, 6) is -1.03. The number of hydrogen-bond donors (Lipinski definition) is 4. The van der Waals surface area contributed by atoms with Gasteiger partial charge in [0, 0.05) is 12.3 Å². The summed E-state index contributed by atoms with van der Waals surface area (Å²) < 4.78 is 36.6. The molecule has 0 spiro atoms.